The number of halogens is 1. The average molecular weight is 299 g/mol. The molecule has 0 aliphatic carbocycles. The van der Waals surface area contributed by atoms with Gasteiger partial charge in [0.15, 0.2) is 0 Å². The Morgan fingerprint density at radius 1 is 1.47 bits per heavy atom. The molecule has 0 saturated carbocycles. The van der Waals surface area contributed by atoms with Crippen LogP contribution in [0.25, 0.3) is 0 Å². The van der Waals surface area contributed by atoms with E-state index in [-0.39, 0.29) is 0 Å². The van der Waals surface area contributed by atoms with Crippen molar-refractivity contribution in [1.82, 2.24) is 10.3 Å². The van der Waals surface area contributed by atoms with Gasteiger partial charge in [-0.2, -0.15) is 0 Å². The fourth-order valence-corrected chi connectivity index (χ4v) is 2.81. The van der Waals surface area contributed by atoms with Crippen LogP contribution in [-0.4, -0.2) is 24.7 Å². The third-order valence-electron chi connectivity index (χ3n) is 3.25. The normalized spacial score (nSPS) is 19.2. The molecule has 1 atom stereocenters. The van der Waals surface area contributed by atoms with Gasteiger partial charge in [0.25, 0.3) is 0 Å². The second-order valence-corrected chi connectivity index (χ2v) is 5.34. The highest BCUT2D eigenvalue weighted by Crippen LogP contribution is 2.30. The molecule has 1 aliphatic heterocycles. The minimum Gasteiger partial charge on any atom is -0.381 e. The molecule has 1 saturated heterocycles. The van der Waals surface area contributed by atoms with E-state index >= 15 is 0 Å². The highest BCUT2D eigenvalue weighted by Gasteiger charge is 2.24. The number of hydrogen-bond acceptors (Lipinski definition) is 3. The van der Waals surface area contributed by atoms with Crippen molar-refractivity contribution in [2.45, 2.75) is 25.8 Å². The second kappa shape index (κ2) is 6.47. The number of ether oxygens (including phenoxy) is 1. The van der Waals surface area contributed by atoms with E-state index < -0.39 is 0 Å². The molecule has 0 spiro atoms. The van der Waals surface area contributed by atoms with Gasteiger partial charge in [-0.05, 0) is 52.9 Å². The van der Waals surface area contributed by atoms with Crippen LogP contribution in [0.1, 0.15) is 31.4 Å². The Kier molecular flexibility index (Phi) is 4.95. The van der Waals surface area contributed by atoms with Crippen LogP contribution in [0, 0.1) is 5.92 Å². The van der Waals surface area contributed by atoms with Crippen LogP contribution in [0.15, 0.2) is 22.9 Å². The Morgan fingerprint density at radius 2 is 2.24 bits per heavy atom. The molecule has 2 rings (SSSR count). The lowest BCUT2D eigenvalue weighted by atomic mass is 9.88. The van der Waals surface area contributed by atoms with Gasteiger partial charge in [0.1, 0.15) is 0 Å². The summed E-state index contributed by atoms with van der Waals surface area (Å²) in [5.74, 6) is 0.653. The number of pyridine rings is 1. The van der Waals surface area contributed by atoms with E-state index in [1.165, 1.54) is 5.56 Å². The molecule has 0 radical (unpaired) electrons. The molecular formula is C13H19BrN2O. The summed E-state index contributed by atoms with van der Waals surface area (Å²) in [6, 6.07) is 2.56. The van der Waals surface area contributed by atoms with Gasteiger partial charge in [-0.25, -0.2) is 0 Å². The van der Waals surface area contributed by atoms with Crippen molar-refractivity contribution >= 4 is 15.9 Å². The number of hydrogen-bond donors (Lipinski definition) is 1. The predicted molar refractivity (Wildman–Crippen MR) is 71.9 cm³/mol. The minimum absolute atomic E-state index is 0.397. The number of rotatable bonds is 4. The maximum Gasteiger partial charge on any atom is 0.0469 e. The van der Waals surface area contributed by atoms with E-state index in [4.69, 9.17) is 4.74 Å². The molecule has 2 heterocycles. The minimum atomic E-state index is 0.397. The van der Waals surface area contributed by atoms with Crippen molar-refractivity contribution in [2.75, 3.05) is 19.8 Å². The van der Waals surface area contributed by atoms with Crippen molar-refractivity contribution in [2.24, 2.45) is 5.92 Å². The van der Waals surface area contributed by atoms with E-state index in [1.807, 2.05) is 12.4 Å². The molecule has 1 fully saturated rings. The Labute approximate surface area is 111 Å². The maximum atomic E-state index is 5.43. The summed E-state index contributed by atoms with van der Waals surface area (Å²) in [6.07, 6.45) is 6.05. The summed E-state index contributed by atoms with van der Waals surface area (Å²) in [6.45, 7) is 4.90. The summed E-state index contributed by atoms with van der Waals surface area (Å²) < 4.78 is 6.48. The van der Waals surface area contributed by atoms with Crippen molar-refractivity contribution in [3.05, 3.63) is 28.5 Å². The van der Waals surface area contributed by atoms with Crippen molar-refractivity contribution in [1.29, 1.82) is 0 Å². The van der Waals surface area contributed by atoms with Gasteiger partial charge in [-0.15, -0.1) is 0 Å². The zero-order chi connectivity index (χ0) is 12.1. The molecule has 94 valence electrons. The van der Waals surface area contributed by atoms with Crippen LogP contribution in [0.2, 0.25) is 0 Å². The van der Waals surface area contributed by atoms with E-state index in [9.17, 15) is 0 Å². The van der Waals surface area contributed by atoms with Gasteiger partial charge in [0.2, 0.25) is 0 Å². The van der Waals surface area contributed by atoms with E-state index in [0.717, 1.165) is 37.1 Å². The van der Waals surface area contributed by atoms with Crippen LogP contribution in [0.3, 0.4) is 0 Å². The van der Waals surface area contributed by atoms with Gasteiger partial charge in [0.05, 0.1) is 0 Å². The molecule has 17 heavy (non-hydrogen) atoms. The maximum absolute atomic E-state index is 5.43. The molecule has 3 nitrogen and oxygen atoms in total. The molecule has 0 bridgehead atoms. The van der Waals surface area contributed by atoms with Crippen LogP contribution < -0.4 is 5.32 Å². The Bertz CT molecular complexity index is 353. The summed E-state index contributed by atoms with van der Waals surface area (Å²) in [5, 5.41) is 3.58. The fraction of sp³-hybridized carbons (Fsp3) is 0.615. The quantitative estimate of drug-likeness (QED) is 0.928. The lowest BCUT2D eigenvalue weighted by Crippen LogP contribution is -2.32. The topological polar surface area (TPSA) is 34.2 Å². The van der Waals surface area contributed by atoms with Gasteiger partial charge in [-0.1, -0.05) is 6.92 Å². The fourth-order valence-electron chi connectivity index (χ4n) is 2.42. The van der Waals surface area contributed by atoms with Gasteiger partial charge < -0.3 is 10.1 Å². The molecule has 0 amide bonds. The van der Waals surface area contributed by atoms with Crippen LogP contribution in [-0.2, 0) is 4.74 Å². The lowest BCUT2D eigenvalue weighted by molar-refractivity contribution is 0.0538. The first-order chi connectivity index (χ1) is 8.31. The molecule has 0 aromatic carbocycles. The van der Waals surface area contributed by atoms with Crippen LogP contribution in [0.4, 0.5) is 0 Å². The first-order valence-corrected chi connectivity index (χ1v) is 7.02. The highest BCUT2D eigenvalue weighted by atomic mass is 79.9. The molecule has 1 aliphatic rings. The van der Waals surface area contributed by atoms with Crippen molar-refractivity contribution in [3.8, 4) is 0 Å². The lowest BCUT2D eigenvalue weighted by Gasteiger charge is -2.31. The summed E-state index contributed by atoms with van der Waals surface area (Å²) in [5.41, 5.74) is 1.27. The number of nitrogens with zero attached hydrogens (tertiary/aromatic N) is 1. The number of aromatic nitrogens is 1. The Morgan fingerprint density at radius 3 is 2.88 bits per heavy atom. The molecule has 1 unspecified atom stereocenters. The zero-order valence-corrected chi connectivity index (χ0v) is 11.7. The molecule has 1 aromatic heterocycles. The predicted octanol–water partition coefficient (Wildman–Crippen LogP) is 2.92. The standard InChI is InChI=1S/C13H19BrN2O/c1-2-16-13(10-3-5-17-6-4-10)11-7-12(14)9-15-8-11/h7-10,13,16H,2-6H2,1H3. The van der Waals surface area contributed by atoms with E-state index in [1.54, 1.807) is 0 Å². The molecule has 1 N–H and O–H groups in total. The van der Waals surface area contributed by atoms with Crippen molar-refractivity contribution in [3.63, 3.8) is 0 Å². The van der Waals surface area contributed by atoms with E-state index in [2.05, 4.69) is 39.2 Å². The van der Waals surface area contributed by atoms with Crippen molar-refractivity contribution < 1.29 is 4.74 Å². The average Bonchev–Trinajstić information content (AvgIpc) is 2.37. The van der Waals surface area contributed by atoms with Crippen LogP contribution in [0.5, 0.6) is 0 Å². The first-order valence-electron chi connectivity index (χ1n) is 6.23. The number of nitrogens with one attached hydrogen (secondary N) is 1. The third-order valence-corrected chi connectivity index (χ3v) is 3.68. The summed E-state index contributed by atoms with van der Waals surface area (Å²) in [4.78, 5) is 4.26. The molecule has 4 heteroatoms. The second-order valence-electron chi connectivity index (χ2n) is 4.42. The Balaban J connectivity index is 2.15. The van der Waals surface area contributed by atoms with E-state index in [0.29, 0.717) is 12.0 Å². The largest absolute Gasteiger partial charge is 0.381 e. The van der Waals surface area contributed by atoms with Gasteiger partial charge in [0, 0.05) is 36.1 Å². The summed E-state index contributed by atoms with van der Waals surface area (Å²) in [7, 11) is 0. The Hall–Kier alpha value is -0.450. The van der Waals surface area contributed by atoms with Gasteiger partial charge in [-0.3, -0.25) is 4.98 Å². The third kappa shape index (κ3) is 3.50. The van der Waals surface area contributed by atoms with Gasteiger partial charge >= 0.3 is 0 Å². The SMILES string of the molecule is CCNC(c1cncc(Br)c1)C1CCOCC1. The first kappa shape index (κ1) is 13.0. The van der Waals surface area contributed by atoms with Crippen LogP contribution >= 0.6 is 15.9 Å². The smallest absolute Gasteiger partial charge is 0.0469 e. The summed E-state index contributed by atoms with van der Waals surface area (Å²) >= 11 is 3.49. The monoisotopic (exact) mass is 298 g/mol. The molecule has 1 aromatic rings. The highest BCUT2D eigenvalue weighted by molar-refractivity contribution is 9.10. The molecular weight excluding hydrogens is 280 g/mol. The zero-order valence-electron chi connectivity index (χ0n) is 10.2.